The fourth-order valence-corrected chi connectivity index (χ4v) is 2.49. The Hall–Kier alpha value is -1.81. The van der Waals surface area contributed by atoms with Crippen LogP contribution in [-0.4, -0.2) is 30.6 Å². The van der Waals surface area contributed by atoms with E-state index in [-0.39, 0.29) is 5.91 Å². The minimum absolute atomic E-state index is 0.00425. The van der Waals surface area contributed by atoms with Gasteiger partial charge in [0, 0.05) is 37.0 Å². The molecular weight excluding hydrogens is 240 g/mol. The van der Waals surface area contributed by atoms with Gasteiger partial charge in [0.2, 0.25) is 0 Å². The molecule has 4 nitrogen and oxygen atoms in total. The lowest BCUT2D eigenvalue weighted by molar-refractivity contribution is 0.0950. The molecule has 0 bridgehead atoms. The van der Waals surface area contributed by atoms with E-state index in [1.807, 2.05) is 30.5 Å². The highest BCUT2D eigenvalue weighted by atomic mass is 16.5. The number of nitrogens with one attached hydrogen (secondary N) is 2. The van der Waals surface area contributed by atoms with Crippen LogP contribution in [0.1, 0.15) is 23.2 Å². The second kappa shape index (κ2) is 5.45. The molecule has 1 aromatic carbocycles. The average molecular weight is 258 g/mol. The maximum atomic E-state index is 12.0. The molecule has 1 saturated heterocycles. The van der Waals surface area contributed by atoms with Crippen molar-refractivity contribution in [2.45, 2.75) is 12.8 Å². The third-order valence-electron chi connectivity index (χ3n) is 3.68. The number of benzene rings is 1. The van der Waals surface area contributed by atoms with Gasteiger partial charge in [-0.2, -0.15) is 0 Å². The van der Waals surface area contributed by atoms with E-state index < -0.39 is 0 Å². The van der Waals surface area contributed by atoms with Gasteiger partial charge in [0.15, 0.2) is 0 Å². The predicted octanol–water partition coefficient (Wildman–Crippen LogP) is 2.32. The zero-order valence-electron chi connectivity index (χ0n) is 10.8. The van der Waals surface area contributed by atoms with Crippen molar-refractivity contribution in [3.8, 4) is 0 Å². The van der Waals surface area contributed by atoms with Gasteiger partial charge in [-0.25, -0.2) is 0 Å². The van der Waals surface area contributed by atoms with Crippen LogP contribution in [0.15, 0.2) is 30.5 Å². The standard InChI is InChI=1S/C15H18N2O2/c18-15(17-6-3-11-5-8-19-10-11)13-2-1-12-4-7-16-14(12)9-13/h1-2,4,7,9,11,16H,3,5-6,8,10H2,(H,17,18). The van der Waals surface area contributed by atoms with Crippen LogP contribution in [0, 0.1) is 5.92 Å². The number of hydrogen-bond donors (Lipinski definition) is 2. The molecule has 1 aliphatic heterocycles. The SMILES string of the molecule is O=C(NCCC1CCOC1)c1ccc2cc[nH]c2c1. The van der Waals surface area contributed by atoms with Crippen molar-refractivity contribution in [3.05, 3.63) is 36.0 Å². The van der Waals surface area contributed by atoms with Crippen molar-refractivity contribution in [2.24, 2.45) is 5.92 Å². The highest BCUT2D eigenvalue weighted by molar-refractivity contribution is 5.97. The quantitative estimate of drug-likeness (QED) is 0.884. The number of amides is 1. The Morgan fingerprint density at radius 1 is 1.42 bits per heavy atom. The molecule has 2 heterocycles. The van der Waals surface area contributed by atoms with Crippen LogP contribution in [0.25, 0.3) is 10.9 Å². The summed E-state index contributed by atoms with van der Waals surface area (Å²) in [6.07, 6.45) is 3.99. The summed E-state index contributed by atoms with van der Waals surface area (Å²) in [5.41, 5.74) is 1.70. The third kappa shape index (κ3) is 2.79. The normalized spacial score (nSPS) is 18.8. The largest absolute Gasteiger partial charge is 0.381 e. The van der Waals surface area contributed by atoms with Crippen LogP contribution in [0.3, 0.4) is 0 Å². The number of fused-ring (bicyclic) bond motifs is 1. The topological polar surface area (TPSA) is 54.1 Å². The van der Waals surface area contributed by atoms with Crippen molar-refractivity contribution in [1.82, 2.24) is 10.3 Å². The van der Waals surface area contributed by atoms with Gasteiger partial charge < -0.3 is 15.0 Å². The minimum atomic E-state index is -0.00425. The smallest absolute Gasteiger partial charge is 0.251 e. The molecule has 2 N–H and O–H groups in total. The number of carbonyl (C=O) groups is 1. The van der Waals surface area contributed by atoms with Gasteiger partial charge in [0.05, 0.1) is 0 Å². The van der Waals surface area contributed by atoms with E-state index in [2.05, 4.69) is 10.3 Å². The van der Waals surface area contributed by atoms with Crippen LogP contribution in [0.4, 0.5) is 0 Å². The molecule has 0 radical (unpaired) electrons. The Bertz CT molecular complexity index is 570. The van der Waals surface area contributed by atoms with Gasteiger partial charge in [0.1, 0.15) is 0 Å². The van der Waals surface area contributed by atoms with Crippen molar-refractivity contribution < 1.29 is 9.53 Å². The number of hydrogen-bond acceptors (Lipinski definition) is 2. The molecule has 100 valence electrons. The lowest BCUT2D eigenvalue weighted by Gasteiger charge is -2.09. The molecule has 1 aromatic heterocycles. The second-order valence-electron chi connectivity index (χ2n) is 5.05. The second-order valence-corrected chi connectivity index (χ2v) is 5.05. The first kappa shape index (κ1) is 12.2. The summed E-state index contributed by atoms with van der Waals surface area (Å²) in [5, 5.41) is 4.10. The summed E-state index contributed by atoms with van der Waals surface area (Å²) in [5.74, 6) is 0.599. The molecule has 1 amide bonds. The highest BCUT2D eigenvalue weighted by Crippen LogP contribution is 2.16. The number of aromatic amines is 1. The number of rotatable bonds is 4. The third-order valence-corrected chi connectivity index (χ3v) is 3.68. The van der Waals surface area contributed by atoms with Crippen LogP contribution < -0.4 is 5.32 Å². The predicted molar refractivity (Wildman–Crippen MR) is 74.2 cm³/mol. The Kier molecular flexibility index (Phi) is 3.51. The number of carbonyl (C=O) groups excluding carboxylic acids is 1. The molecule has 1 atom stereocenters. The molecule has 3 rings (SSSR count). The summed E-state index contributed by atoms with van der Waals surface area (Å²) < 4.78 is 5.32. The first-order valence-electron chi connectivity index (χ1n) is 6.76. The van der Waals surface area contributed by atoms with Gasteiger partial charge in [-0.3, -0.25) is 4.79 Å². The summed E-state index contributed by atoms with van der Waals surface area (Å²) in [4.78, 5) is 15.1. The molecular formula is C15H18N2O2. The van der Waals surface area contributed by atoms with Gasteiger partial charge >= 0.3 is 0 Å². The summed E-state index contributed by atoms with van der Waals surface area (Å²) in [6.45, 7) is 2.42. The Labute approximate surface area is 112 Å². The van der Waals surface area contributed by atoms with Crippen LogP contribution >= 0.6 is 0 Å². The molecule has 19 heavy (non-hydrogen) atoms. The first-order valence-corrected chi connectivity index (χ1v) is 6.76. The summed E-state index contributed by atoms with van der Waals surface area (Å²) in [6, 6.07) is 7.72. The summed E-state index contributed by atoms with van der Waals surface area (Å²) in [7, 11) is 0. The van der Waals surface area contributed by atoms with E-state index in [0.717, 1.165) is 43.5 Å². The lowest BCUT2D eigenvalue weighted by atomic mass is 10.1. The Balaban J connectivity index is 1.56. The molecule has 2 aromatic rings. The van der Waals surface area contributed by atoms with Crippen LogP contribution in [0.2, 0.25) is 0 Å². The zero-order valence-corrected chi connectivity index (χ0v) is 10.8. The molecule has 1 fully saturated rings. The van der Waals surface area contributed by atoms with Crippen molar-refractivity contribution in [1.29, 1.82) is 0 Å². The Morgan fingerprint density at radius 3 is 3.21 bits per heavy atom. The number of H-pyrrole nitrogens is 1. The van der Waals surface area contributed by atoms with Gasteiger partial charge in [-0.05, 0) is 42.3 Å². The van der Waals surface area contributed by atoms with Crippen LogP contribution in [0.5, 0.6) is 0 Å². The lowest BCUT2D eigenvalue weighted by Crippen LogP contribution is -2.26. The Morgan fingerprint density at radius 2 is 2.37 bits per heavy atom. The van der Waals surface area contributed by atoms with Crippen molar-refractivity contribution in [2.75, 3.05) is 19.8 Å². The van der Waals surface area contributed by atoms with Crippen molar-refractivity contribution in [3.63, 3.8) is 0 Å². The fourth-order valence-electron chi connectivity index (χ4n) is 2.49. The van der Waals surface area contributed by atoms with Crippen LogP contribution in [-0.2, 0) is 4.74 Å². The minimum Gasteiger partial charge on any atom is -0.381 e. The first-order chi connectivity index (χ1) is 9.33. The summed E-state index contributed by atoms with van der Waals surface area (Å²) >= 11 is 0. The van der Waals surface area contributed by atoms with E-state index in [1.165, 1.54) is 0 Å². The number of aromatic nitrogens is 1. The van der Waals surface area contributed by atoms with E-state index in [9.17, 15) is 4.79 Å². The highest BCUT2D eigenvalue weighted by Gasteiger charge is 2.15. The maximum absolute atomic E-state index is 12.0. The van der Waals surface area contributed by atoms with E-state index in [0.29, 0.717) is 11.5 Å². The number of ether oxygens (including phenoxy) is 1. The maximum Gasteiger partial charge on any atom is 0.251 e. The fraction of sp³-hybridized carbons (Fsp3) is 0.400. The average Bonchev–Trinajstić information content (AvgIpc) is 3.08. The van der Waals surface area contributed by atoms with E-state index in [1.54, 1.807) is 0 Å². The van der Waals surface area contributed by atoms with Gasteiger partial charge in [0.25, 0.3) is 5.91 Å². The molecule has 0 saturated carbocycles. The van der Waals surface area contributed by atoms with Crippen molar-refractivity contribution >= 4 is 16.8 Å². The molecule has 4 heteroatoms. The molecule has 0 aliphatic carbocycles. The molecule has 0 spiro atoms. The zero-order chi connectivity index (χ0) is 13.1. The molecule has 1 unspecified atom stereocenters. The van der Waals surface area contributed by atoms with Gasteiger partial charge in [-0.15, -0.1) is 0 Å². The van der Waals surface area contributed by atoms with E-state index >= 15 is 0 Å². The van der Waals surface area contributed by atoms with Gasteiger partial charge in [-0.1, -0.05) is 6.07 Å². The molecule has 1 aliphatic rings. The monoisotopic (exact) mass is 258 g/mol. The van der Waals surface area contributed by atoms with E-state index in [4.69, 9.17) is 4.74 Å².